The zero-order chi connectivity index (χ0) is 21.8. The number of anilines is 2. The lowest BCUT2D eigenvalue weighted by Gasteiger charge is -2.10. The van der Waals surface area contributed by atoms with Crippen molar-refractivity contribution in [1.29, 1.82) is 0 Å². The lowest BCUT2D eigenvalue weighted by Crippen LogP contribution is -2.12. The lowest BCUT2D eigenvalue weighted by atomic mass is 10.1. The lowest BCUT2D eigenvalue weighted by molar-refractivity contribution is -0.141. The maximum Gasteiger partial charge on any atom is 0.433 e. The van der Waals surface area contributed by atoms with E-state index in [1.54, 1.807) is 24.3 Å². The third-order valence-electron chi connectivity index (χ3n) is 3.82. The van der Waals surface area contributed by atoms with Crippen LogP contribution in [0.15, 0.2) is 48.8 Å². The van der Waals surface area contributed by atoms with Gasteiger partial charge in [-0.3, -0.25) is 0 Å². The molecular formula is C18H14F6N6. The van der Waals surface area contributed by atoms with E-state index in [0.29, 0.717) is 0 Å². The van der Waals surface area contributed by atoms with E-state index in [0.717, 1.165) is 35.7 Å². The largest absolute Gasteiger partial charge is 0.433 e. The Morgan fingerprint density at radius 2 is 0.967 bits per heavy atom. The van der Waals surface area contributed by atoms with E-state index in [-0.39, 0.29) is 25.0 Å². The fraction of sp³-hybridized carbons (Fsp3) is 0.222. The van der Waals surface area contributed by atoms with Crippen LogP contribution in [-0.4, -0.2) is 19.9 Å². The number of rotatable bonds is 6. The third kappa shape index (κ3) is 5.78. The van der Waals surface area contributed by atoms with Gasteiger partial charge in [-0.1, -0.05) is 24.3 Å². The van der Waals surface area contributed by atoms with Gasteiger partial charge in [0.25, 0.3) is 0 Å². The van der Waals surface area contributed by atoms with Gasteiger partial charge in [0.05, 0.1) is 0 Å². The summed E-state index contributed by atoms with van der Waals surface area (Å²) in [4.78, 5) is 14.3. The molecule has 0 aliphatic rings. The molecule has 0 spiro atoms. The zero-order valence-corrected chi connectivity index (χ0v) is 15.1. The molecule has 0 bridgehead atoms. The van der Waals surface area contributed by atoms with Crippen LogP contribution in [0.4, 0.5) is 38.2 Å². The fourth-order valence-corrected chi connectivity index (χ4v) is 2.34. The van der Waals surface area contributed by atoms with Crippen molar-refractivity contribution in [2.24, 2.45) is 0 Å². The molecule has 0 amide bonds. The molecule has 158 valence electrons. The highest BCUT2D eigenvalue weighted by Crippen LogP contribution is 2.28. The highest BCUT2D eigenvalue weighted by molar-refractivity contribution is 5.32. The molecule has 0 saturated heterocycles. The standard InChI is InChI=1S/C18H14F6N6/c19-17(20,21)13-5-7-25-15(29-13)27-9-11-1-2-12(4-3-11)10-28-16-26-8-6-14(30-16)18(22,23)24/h1-8H,9-10H2,(H,25,27,29)(H,26,28,30). The van der Waals surface area contributed by atoms with Gasteiger partial charge >= 0.3 is 12.4 Å². The molecule has 2 heterocycles. The third-order valence-corrected chi connectivity index (χ3v) is 3.82. The Morgan fingerprint density at radius 3 is 1.30 bits per heavy atom. The number of aromatic nitrogens is 4. The van der Waals surface area contributed by atoms with E-state index in [9.17, 15) is 26.3 Å². The summed E-state index contributed by atoms with van der Waals surface area (Å²) in [5.74, 6) is -0.311. The monoisotopic (exact) mass is 428 g/mol. The van der Waals surface area contributed by atoms with Gasteiger partial charge in [-0.15, -0.1) is 0 Å². The second-order valence-corrected chi connectivity index (χ2v) is 6.05. The summed E-state index contributed by atoms with van der Waals surface area (Å²) in [5, 5.41) is 5.41. The van der Waals surface area contributed by atoms with Gasteiger partial charge in [-0.2, -0.15) is 26.3 Å². The van der Waals surface area contributed by atoms with Crippen LogP contribution < -0.4 is 10.6 Å². The van der Waals surface area contributed by atoms with Crippen LogP contribution in [0, 0.1) is 0 Å². The van der Waals surface area contributed by atoms with E-state index in [4.69, 9.17) is 0 Å². The van der Waals surface area contributed by atoms with Crippen LogP contribution >= 0.6 is 0 Å². The Labute approximate surface area is 166 Å². The van der Waals surface area contributed by atoms with Crippen molar-refractivity contribution in [3.8, 4) is 0 Å². The highest BCUT2D eigenvalue weighted by Gasteiger charge is 2.33. The summed E-state index contributed by atoms with van der Waals surface area (Å²) in [5.41, 5.74) is -0.596. The minimum atomic E-state index is -4.56. The van der Waals surface area contributed by atoms with Crippen molar-refractivity contribution in [1.82, 2.24) is 19.9 Å². The molecule has 0 aliphatic heterocycles. The van der Waals surface area contributed by atoms with Gasteiger partial charge < -0.3 is 10.6 Å². The molecule has 0 radical (unpaired) electrons. The number of halogens is 6. The van der Waals surface area contributed by atoms with Gasteiger partial charge in [0.2, 0.25) is 11.9 Å². The molecule has 0 fully saturated rings. The first-order valence-electron chi connectivity index (χ1n) is 8.47. The van der Waals surface area contributed by atoms with E-state index >= 15 is 0 Å². The minimum absolute atomic E-state index is 0.155. The average Bonchev–Trinajstić information content (AvgIpc) is 2.71. The maximum atomic E-state index is 12.7. The molecule has 3 aromatic rings. The highest BCUT2D eigenvalue weighted by atomic mass is 19.4. The Bertz CT molecular complexity index is 907. The van der Waals surface area contributed by atoms with Crippen LogP contribution in [0.5, 0.6) is 0 Å². The summed E-state index contributed by atoms with van der Waals surface area (Å²) < 4.78 is 76.0. The van der Waals surface area contributed by atoms with Crippen LogP contribution in [0.2, 0.25) is 0 Å². The van der Waals surface area contributed by atoms with Crippen LogP contribution in [0.3, 0.4) is 0 Å². The van der Waals surface area contributed by atoms with Crippen LogP contribution in [-0.2, 0) is 25.4 Å². The predicted octanol–water partition coefficient (Wildman–Crippen LogP) is 4.53. The molecule has 2 N–H and O–H groups in total. The zero-order valence-electron chi connectivity index (χ0n) is 15.1. The molecule has 30 heavy (non-hydrogen) atoms. The molecule has 6 nitrogen and oxygen atoms in total. The first kappa shape index (κ1) is 21.3. The van der Waals surface area contributed by atoms with Gasteiger partial charge in [-0.05, 0) is 23.3 Å². The average molecular weight is 428 g/mol. The van der Waals surface area contributed by atoms with E-state index in [1.165, 1.54) is 0 Å². The number of nitrogens with one attached hydrogen (secondary N) is 2. The molecule has 3 rings (SSSR count). The van der Waals surface area contributed by atoms with Crippen LogP contribution in [0.1, 0.15) is 22.5 Å². The van der Waals surface area contributed by atoms with Gasteiger partial charge in [0.1, 0.15) is 11.4 Å². The SMILES string of the molecule is FC(F)(F)c1ccnc(NCc2ccc(CNc3nccc(C(F)(F)F)n3)cc2)n1. The first-order chi connectivity index (χ1) is 14.1. The summed E-state index contributed by atoms with van der Waals surface area (Å²) in [6, 6.07) is 8.41. The Hall–Kier alpha value is -3.44. The second kappa shape index (κ2) is 8.51. The molecule has 0 aliphatic carbocycles. The number of alkyl halides is 6. The summed E-state index contributed by atoms with van der Waals surface area (Å²) in [6.07, 6.45) is -7.08. The van der Waals surface area contributed by atoms with Crippen molar-refractivity contribution in [2.45, 2.75) is 25.4 Å². The number of benzene rings is 1. The summed E-state index contributed by atoms with van der Waals surface area (Å²) in [7, 11) is 0. The van der Waals surface area contributed by atoms with Gasteiger partial charge in [0, 0.05) is 25.5 Å². The molecule has 12 heteroatoms. The number of nitrogens with zero attached hydrogens (tertiary/aromatic N) is 4. The maximum absolute atomic E-state index is 12.7. The minimum Gasteiger partial charge on any atom is -0.350 e. The predicted molar refractivity (Wildman–Crippen MR) is 95.2 cm³/mol. The molecule has 1 aromatic carbocycles. The molecule has 0 saturated carbocycles. The van der Waals surface area contributed by atoms with Crippen molar-refractivity contribution in [3.63, 3.8) is 0 Å². The topological polar surface area (TPSA) is 75.6 Å². The Kier molecular flexibility index (Phi) is 6.04. The van der Waals surface area contributed by atoms with E-state index < -0.39 is 23.7 Å². The Morgan fingerprint density at radius 1 is 0.600 bits per heavy atom. The van der Waals surface area contributed by atoms with Crippen molar-refractivity contribution < 1.29 is 26.3 Å². The van der Waals surface area contributed by atoms with Gasteiger partial charge in [0.15, 0.2) is 0 Å². The summed E-state index contributed by atoms with van der Waals surface area (Å²) in [6.45, 7) is 0.373. The van der Waals surface area contributed by atoms with Crippen LogP contribution in [0.25, 0.3) is 0 Å². The summed E-state index contributed by atoms with van der Waals surface area (Å²) >= 11 is 0. The van der Waals surface area contributed by atoms with Gasteiger partial charge in [-0.25, -0.2) is 19.9 Å². The van der Waals surface area contributed by atoms with Crippen molar-refractivity contribution >= 4 is 11.9 Å². The quantitative estimate of drug-likeness (QED) is 0.562. The van der Waals surface area contributed by atoms with Crippen molar-refractivity contribution in [3.05, 3.63) is 71.3 Å². The second-order valence-electron chi connectivity index (χ2n) is 6.05. The fourth-order valence-electron chi connectivity index (χ4n) is 2.34. The van der Waals surface area contributed by atoms with E-state index in [1.807, 2.05) is 0 Å². The molecular weight excluding hydrogens is 414 g/mol. The molecule has 2 aromatic heterocycles. The molecule has 0 atom stereocenters. The molecule has 0 unspecified atom stereocenters. The number of hydrogen-bond acceptors (Lipinski definition) is 6. The smallest absolute Gasteiger partial charge is 0.350 e. The van der Waals surface area contributed by atoms with E-state index in [2.05, 4.69) is 30.6 Å². The normalized spacial score (nSPS) is 11.9. The first-order valence-corrected chi connectivity index (χ1v) is 8.47. The van der Waals surface area contributed by atoms with Crippen molar-refractivity contribution in [2.75, 3.05) is 10.6 Å². The Balaban J connectivity index is 1.56. The number of hydrogen-bond donors (Lipinski definition) is 2.